The molecule has 0 aromatic heterocycles. The van der Waals surface area contributed by atoms with Crippen molar-refractivity contribution in [1.82, 2.24) is 0 Å². The minimum Gasteiger partial charge on any atom is -0.402 e. The molecule has 0 spiro atoms. The highest BCUT2D eigenvalue weighted by atomic mass is 127. The zero-order chi connectivity index (χ0) is 16.6. The molecule has 0 amide bonds. The number of aliphatic imine (C=N–C) groups is 1. The van der Waals surface area contributed by atoms with Crippen LogP contribution in [-0.2, 0) is 9.53 Å². The number of ether oxygens (including phenoxy) is 1. The monoisotopic (exact) mass is 521 g/mol. The van der Waals surface area contributed by atoms with Crippen LogP contribution in [0.3, 0.4) is 0 Å². The topological polar surface area (TPSA) is 38.7 Å². The summed E-state index contributed by atoms with van der Waals surface area (Å²) in [6.07, 6.45) is 1.56. The number of rotatable bonds is 2. The van der Waals surface area contributed by atoms with Crippen LogP contribution in [0, 0.1) is 3.57 Å². The van der Waals surface area contributed by atoms with E-state index in [0.29, 0.717) is 21.2 Å². The van der Waals surface area contributed by atoms with Gasteiger partial charge in [-0.05, 0) is 74.4 Å². The van der Waals surface area contributed by atoms with Gasteiger partial charge in [0.15, 0.2) is 5.70 Å². The van der Waals surface area contributed by atoms with Gasteiger partial charge in [-0.1, -0.05) is 35.3 Å². The SMILES string of the molecule is O=C1OC(c2ccc(I)c(Br)c2)=NC1=Cc1cccc(Cl)c1Cl. The van der Waals surface area contributed by atoms with Crippen molar-refractivity contribution in [3.63, 3.8) is 0 Å². The summed E-state index contributed by atoms with van der Waals surface area (Å²) in [6.45, 7) is 0. The predicted octanol–water partition coefficient (Wildman–Crippen LogP) is 5.71. The van der Waals surface area contributed by atoms with Gasteiger partial charge in [0.05, 0.1) is 10.0 Å². The number of cyclic esters (lactones) is 1. The van der Waals surface area contributed by atoms with E-state index in [1.54, 1.807) is 24.3 Å². The highest BCUT2D eigenvalue weighted by Crippen LogP contribution is 2.29. The summed E-state index contributed by atoms with van der Waals surface area (Å²) >= 11 is 17.7. The molecular formula is C16H7BrCl2INO2. The van der Waals surface area contributed by atoms with Gasteiger partial charge in [0.2, 0.25) is 5.90 Å². The van der Waals surface area contributed by atoms with Gasteiger partial charge >= 0.3 is 5.97 Å². The van der Waals surface area contributed by atoms with Crippen LogP contribution in [0.4, 0.5) is 0 Å². The van der Waals surface area contributed by atoms with Crippen LogP contribution < -0.4 is 0 Å². The molecule has 1 aliphatic rings. The molecule has 0 saturated heterocycles. The van der Waals surface area contributed by atoms with Crippen LogP contribution in [0.2, 0.25) is 10.0 Å². The number of nitrogens with zero attached hydrogens (tertiary/aromatic N) is 1. The maximum absolute atomic E-state index is 12.0. The Bertz CT molecular complexity index is 880. The molecule has 7 heteroatoms. The largest absolute Gasteiger partial charge is 0.402 e. The van der Waals surface area contributed by atoms with Gasteiger partial charge in [0.1, 0.15) is 0 Å². The average Bonchev–Trinajstić information content (AvgIpc) is 2.88. The maximum atomic E-state index is 12.0. The number of benzene rings is 2. The summed E-state index contributed by atoms with van der Waals surface area (Å²) in [5.74, 6) is -0.262. The second kappa shape index (κ2) is 6.93. The summed E-state index contributed by atoms with van der Waals surface area (Å²) in [4.78, 5) is 16.3. The zero-order valence-corrected chi connectivity index (χ0v) is 16.6. The normalized spacial score (nSPS) is 15.7. The molecule has 2 aromatic rings. The molecule has 116 valence electrons. The van der Waals surface area contributed by atoms with Gasteiger partial charge in [-0.3, -0.25) is 0 Å². The van der Waals surface area contributed by atoms with Gasteiger partial charge in [-0.25, -0.2) is 9.79 Å². The molecule has 0 fully saturated rings. The Morgan fingerprint density at radius 3 is 2.74 bits per heavy atom. The summed E-state index contributed by atoms with van der Waals surface area (Å²) in [7, 11) is 0. The molecule has 23 heavy (non-hydrogen) atoms. The van der Waals surface area contributed by atoms with E-state index >= 15 is 0 Å². The first kappa shape index (κ1) is 17.0. The first-order valence-corrected chi connectivity index (χ1v) is 9.00. The molecule has 0 radical (unpaired) electrons. The van der Waals surface area contributed by atoms with Gasteiger partial charge in [-0.2, -0.15) is 0 Å². The Morgan fingerprint density at radius 2 is 2.00 bits per heavy atom. The molecule has 2 aromatic carbocycles. The minimum absolute atomic E-state index is 0.179. The Morgan fingerprint density at radius 1 is 1.22 bits per heavy atom. The summed E-state index contributed by atoms with van der Waals surface area (Å²) in [5, 5.41) is 0.785. The molecule has 0 N–H and O–H groups in total. The van der Waals surface area contributed by atoms with Crippen LogP contribution in [-0.4, -0.2) is 11.9 Å². The van der Waals surface area contributed by atoms with Crippen LogP contribution in [0.25, 0.3) is 6.08 Å². The van der Waals surface area contributed by atoms with Crippen molar-refractivity contribution in [2.45, 2.75) is 0 Å². The quantitative estimate of drug-likeness (QED) is 0.288. The molecule has 0 saturated carbocycles. The standard InChI is InChI=1S/C16H7BrCl2INO2/c17-10-6-9(4-5-12(10)20)15-21-13(16(22)23-15)7-8-2-1-3-11(18)14(8)19/h1-7H. The molecule has 3 rings (SSSR count). The zero-order valence-electron chi connectivity index (χ0n) is 11.3. The number of esters is 1. The van der Waals surface area contributed by atoms with Crippen molar-refractivity contribution in [3.05, 3.63) is 71.3 Å². The Kier molecular flexibility index (Phi) is 5.10. The van der Waals surface area contributed by atoms with Crippen molar-refractivity contribution in [3.8, 4) is 0 Å². The Balaban J connectivity index is 1.99. The fourth-order valence-electron chi connectivity index (χ4n) is 1.94. The third kappa shape index (κ3) is 3.63. The Labute approximate surface area is 164 Å². The molecule has 0 aliphatic carbocycles. The lowest BCUT2D eigenvalue weighted by atomic mass is 10.2. The second-order valence-corrected chi connectivity index (χ2v) is 7.41. The third-order valence-electron chi connectivity index (χ3n) is 3.06. The van der Waals surface area contributed by atoms with Crippen molar-refractivity contribution in [2.24, 2.45) is 4.99 Å². The lowest BCUT2D eigenvalue weighted by Crippen LogP contribution is -2.05. The van der Waals surface area contributed by atoms with Crippen molar-refractivity contribution < 1.29 is 9.53 Å². The van der Waals surface area contributed by atoms with Gasteiger partial charge in [0.25, 0.3) is 0 Å². The summed E-state index contributed by atoms with van der Waals surface area (Å²) < 4.78 is 7.20. The number of carbonyl (C=O) groups is 1. The minimum atomic E-state index is -0.522. The van der Waals surface area contributed by atoms with Crippen molar-refractivity contribution in [1.29, 1.82) is 0 Å². The van der Waals surface area contributed by atoms with E-state index in [-0.39, 0.29) is 11.6 Å². The first-order chi connectivity index (χ1) is 11.0. The first-order valence-electron chi connectivity index (χ1n) is 6.37. The fraction of sp³-hybridized carbons (Fsp3) is 0. The molecule has 1 aliphatic heterocycles. The van der Waals surface area contributed by atoms with Crippen LogP contribution in [0.15, 0.2) is 51.6 Å². The number of carbonyl (C=O) groups excluding carboxylic acids is 1. The smallest absolute Gasteiger partial charge is 0.363 e. The predicted molar refractivity (Wildman–Crippen MR) is 104 cm³/mol. The Hall–Kier alpha value is -0.890. The third-order valence-corrected chi connectivity index (χ3v) is 6.23. The molecule has 0 unspecified atom stereocenters. The summed E-state index contributed by atoms with van der Waals surface area (Å²) in [5.41, 5.74) is 1.50. The van der Waals surface area contributed by atoms with Gasteiger partial charge in [-0.15, -0.1) is 0 Å². The van der Waals surface area contributed by atoms with E-state index in [1.807, 2.05) is 18.2 Å². The van der Waals surface area contributed by atoms with E-state index in [9.17, 15) is 4.79 Å². The van der Waals surface area contributed by atoms with Gasteiger partial charge < -0.3 is 4.74 Å². The molecule has 1 heterocycles. The average molecular weight is 523 g/mol. The van der Waals surface area contributed by atoms with E-state index < -0.39 is 5.97 Å². The van der Waals surface area contributed by atoms with E-state index in [1.165, 1.54) is 0 Å². The number of hydrogen-bond acceptors (Lipinski definition) is 3. The van der Waals surface area contributed by atoms with Gasteiger partial charge in [0, 0.05) is 13.6 Å². The van der Waals surface area contributed by atoms with Crippen molar-refractivity contribution >= 4 is 79.7 Å². The van der Waals surface area contributed by atoms with E-state index in [4.69, 9.17) is 27.9 Å². The van der Waals surface area contributed by atoms with Crippen molar-refractivity contribution in [2.75, 3.05) is 0 Å². The lowest BCUT2D eigenvalue weighted by Gasteiger charge is -2.01. The van der Waals surface area contributed by atoms with E-state index in [0.717, 1.165) is 8.04 Å². The highest BCUT2D eigenvalue weighted by molar-refractivity contribution is 14.1. The molecular weight excluding hydrogens is 516 g/mol. The fourth-order valence-corrected chi connectivity index (χ4v) is 3.02. The number of halogens is 4. The highest BCUT2D eigenvalue weighted by Gasteiger charge is 2.24. The van der Waals surface area contributed by atoms with Crippen LogP contribution in [0.1, 0.15) is 11.1 Å². The molecule has 0 bridgehead atoms. The number of hydrogen-bond donors (Lipinski definition) is 0. The van der Waals surface area contributed by atoms with Crippen LogP contribution >= 0.6 is 61.7 Å². The molecule has 3 nitrogen and oxygen atoms in total. The lowest BCUT2D eigenvalue weighted by molar-refractivity contribution is -0.129. The second-order valence-electron chi connectivity index (χ2n) is 4.61. The molecule has 0 atom stereocenters. The van der Waals surface area contributed by atoms with E-state index in [2.05, 4.69) is 43.5 Å². The summed E-state index contributed by atoms with van der Waals surface area (Å²) in [6, 6.07) is 10.8. The van der Waals surface area contributed by atoms with Crippen LogP contribution in [0.5, 0.6) is 0 Å². The maximum Gasteiger partial charge on any atom is 0.363 e.